The molecule has 1 aliphatic rings. The van der Waals surface area contributed by atoms with Crippen LogP contribution in [0.4, 0.5) is 5.69 Å². The van der Waals surface area contributed by atoms with Crippen molar-refractivity contribution in [1.82, 2.24) is 9.88 Å². The van der Waals surface area contributed by atoms with Gasteiger partial charge >= 0.3 is 0 Å². The molecule has 0 radical (unpaired) electrons. The maximum Gasteiger partial charge on any atom is 0.213 e. The van der Waals surface area contributed by atoms with Gasteiger partial charge in [0.05, 0.1) is 6.20 Å². The second-order valence-corrected chi connectivity index (χ2v) is 7.79. The van der Waals surface area contributed by atoms with Crippen molar-refractivity contribution in [3.8, 4) is 11.6 Å². The Morgan fingerprint density at radius 1 is 1.12 bits per heavy atom. The monoisotopic (exact) mass is 355 g/mol. The molecular formula is C21H29N3O2. The van der Waals surface area contributed by atoms with Gasteiger partial charge in [-0.1, -0.05) is 18.2 Å². The molecule has 0 unspecified atom stereocenters. The van der Waals surface area contributed by atoms with Gasteiger partial charge in [-0.05, 0) is 45.7 Å². The Hall–Kier alpha value is -2.27. The average Bonchev–Trinajstić information content (AvgIpc) is 2.62. The summed E-state index contributed by atoms with van der Waals surface area (Å²) >= 11 is 0. The van der Waals surface area contributed by atoms with Gasteiger partial charge in [-0.2, -0.15) is 0 Å². The summed E-state index contributed by atoms with van der Waals surface area (Å²) in [4.78, 5) is 6.86. The van der Waals surface area contributed by atoms with Crippen LogP contribution in [-0.2, 0) is 6.61 Å². The molecule has 0 bridgehead atoms. The van der Waals surface area contributed by atoms with Crippen LogP contribution < -0.4 is 15.2 Å². The standard InChI is InChI=1S/C21H29N3O2/c1-21(2,3)24-12-10-17(11-13-24)26-18-8-9-20(23-14-18)25-15-16-6-4-5-7-19(16)22/h4-9,14,17H,10-13,15,22H2,1-3H3. The molecule has 5 heteroatoms. The van der Waals surface area contributed by atoms with Gasteiger partial charge in [0.1, 0.15) is 18.5 Å². The van der Waals surface area contributed by atoms with E-state index in [2.05, 4.69) is 30.7 Å². The van der Waals surface area contributed by atoms with E-state index in [9.17, 15) is 0 Å². The van der Waals surface area contributed by atoms with Crippen LogP contribution in [0.1, 0.15) is 39.2 Å². The van der Waals surface area contributed by atoms with Gasteiger partial charge in [0, 0.05) is 35.9 Å². The Bertz CT molecular complexity index is 702. The Labute approximate surface area is 156 Å². The number of benzene rings is 1. The highest BCUT2D eigenvalue weighted by molar-refractivity contribution is 5.46. The highest BCUT2D eigenvalue weighted by atomic mass is 16.5. The number of ether oxygens (including phenoxy) is 2. The SMILES string of the molecule is CC(C)(C)N1CCC(Oc2ccc(OCc3ccccc3N)nc2)CC1. The molecule has 0 spiro atoms. The van der Waals surface area contributed by atoms with E-state index < -0.39 is 0 Å². The molecule has 0 amide bonds. The molecule has 0 saturated carbocycles. The fraction of sp³-hybridized carbons (Fsp3) is 0.476. The maximum atomic E-state index is 6.09. The van der Waals surface area contributed by atoms with Crippen molar-refractivity contribution in [2.75, 3.05) is 18.8 Å². The van der Waals surface area contributed by atoms with E-state index in [-0.39, 0.29) is 11.6 Å². The molecule has 2 aromatic rings. The molecule has 5 nitrogen and oxygen atoms in total. The third-order valence-corrected chi connectivity index (χ3v) is 4.83. The molecular weight excluding hydrogens is 326 g/mol. The Kier molecular flexibility index (Phi) is 5.67. The van der Waals surface area contributed by atoms with E-state index in [1.165, 1.54) is 0 Å². The predicted molar refractivity (Wildman–Crippen MR) is 104 cm³/mol. The minimum atomic E-state index is 0.230. The van der Waals surface area contributed by atoms with Crippen LogP contribution >= 0.6 is 0 Å². The largest absolute Gasteiger partial charge is 0.489 e. The fourth-order valence-corrected chi connectivity index (χ4v) is 3.18. The molecule has 1 aliphatic heterocycles. The zero-order chi connectivity index (χ0) is 18.6. The van der Waals surface area contributed by atoms with Crippen molar-refractivity contribution in [2.45, 2.75) is 51.9 Å². The zero-order valence-corrected chi connectivity index (χ0v) is 15.9. The fourth-order valence-electron chi connectivity index (χ4n) is 3.18. The number of nitrogen functional groups attached to an aromatic ring is 1. The van der Waals surface area contributed by atoms with Crippen LogP contribution in [-0.4, -0.2) is 34.6 Å². The lowest BCUT2D eigenvalue weighted by molar-refractivity contribution is 0.0489. The minimum Gasteiger partial charge on any atom is -0.489 e. The third kappa shape index (κ3) is 4.88. The van der Waals surface area contributed by atoms with Crippen LogP contribution in [0.3, 0.4) is 0 Å². The number of rotatable bonds is 5. The molecule has 1 aromatic carbocycles. The second kappa shape index (κ2) is 7.96. The van der Waals surface area contributed by atoms with E-state index in [1.807, 2.05) is 36.4 Å². The topological polar surface area (TPSA) is 60.6 Å². The van der Waals surface area contributed by atoms with Gasteiger partial charge in [-0.25, -0.2) is 4.98 Å². The number of likely N-dealkylation sites (tertiary alicyclic amines) is 1. The normalized spacial score (nSPS) is 16.4. The molecule has 2 N–H and O–H groups in total. The van der Waals surface area contributed by atoms with Gasteiger partial charge in [0.15, 0.2) is 0 Å². The average molecular weight is 355 g/mol. The number of hydrogen-bond donors (Lipinski definition) is 1. The first-order chi connectivity index (χ1) is 12.4. The molecule has 1 fully saturated rings. The number of nitrogens with zero attached hydrogens (tertiary/aromatic N) is 2. The minimum absolute atomic E-state index is 0.230. The number of pyridine rings is 1. The van der Waals surface area contributed by atoms with E-state index in [1.54, 1.807) is 6.20 Å². The van der Waals surface area contributed by atoms with Gasteiger partial charge < -0.3 is 15.2 Å². The van der Waals surface area contributed by atoms with Gasteiger partial charge in [-0.3, -0.25) is 4.90 Å². The lowest BCUT2D eigenvalue weighted by Crippen LogP contribution is -2.48. The number of nitrogens with two attached hydrogens (primary N) is 1. The molecule has 1 saturated heterocycles. The van der Waals surface area contributed by atoms with E-state index in [0.29, 0.717) is 12.5 Å². The second-order valence-electron chi connectivity index (χ2n) is 7.79. The van der Waals surface area contributed by atoms with Crippen molar-refractivity contribution >= 4 is 5.69 Å². The molecule has 1 aromatic heterocycles. The maximum absolute atomic E-state index is 6.09. The highest BCUT2D eigenvalue weighted by Gasteiger charge is 2.27. The smallest absolute Gasteiger partial charge is 0.213 e. The van der Waals surface area contributed by atoms with Crippen LogP contribution in [0.25, 0.3) is 0 Å². The first kappa shape index (κ1) is 18.5. The molecule has 140 valence electrons. The Morgan fingerprint density at radius 3 is 2.46 bits per heavy atom. The van der Waals surface area contributed by atoms with E-state index >= 15 is 0 Å². The van der Waals surface area contributed by atoms with Crippen molar-refractivity contribution < 1.29 is 9.47 Å². The first-order valence-corrected chi connectivity index (χ1v) is 9.26. The van der Waals surface area contributed by atoms with Crippen molar-refractivity contribution in [3.63, 3.8) is 0 Å². The summed E-state index contributed by atoms with van der Waals surface area (Å²) in [5, 5.41) is 0. The Morgan fingerprint density at radius 2 is 1.85 bits per heavy atom. The van der Waals surface area contributed by atoms with Crippen molar-refractivity contribution in [3.05, 3.63) is 48.2 Å². The quantitative estimate of drug-likeness (QED) is 0.825. The molecule has 3 rings (SSSR count). The lowest BCUT2D eigenvalue weighted by atomic mass is 9.99. The number of aromatic nitrogens is 1. The van der Waals surface area contributed by atoms with E-state index in [4.69, 9.17) is 15.2 Å². The summed E-state index contributed by atoms with van der Waals surface area (Å²) in [6.45, 7) is 9.34. The number of hydrogen-bond acceptors (Lipinski definition) is 5. The van der Waals surface area contributed by atoms with Crippen LogP contribution in [0.5, 0.6) is 11.6 Å². The van der Waals surface area contributed by atoms with E-state index in [0.717, 1.165) is 42.9 Å². The zero-order valence-electron chi connectivity index (χ0n) is 15.9. The van der Waals surface area contributed by atoms with Gasteiger partial charge in [-0.15, -0.1) is 0 Å². The van der Waals surface area contributed by atoms with Crippen LogP contribution in [0, 0.1) is 0 Å². The lowest BCUT2D eigenvalue weighted by Gasteiger charge is -2.40. The molecule has 0 atom stereocenters. The molecule has 0 aliphatic carbocycles. The predicted octanol–water partition coefficient (Wildman–Crippen LogP) is 3.88. The van der Waals surface area contributed by atoms with Gasteiger partial charge in [0.2, 0.25) is 5.88 Å². The van der Waals surface area contributed by atoms with Crippen molar-refractivity contribution in [1.29, 1.82) is 0 Å². The third-order valence-electron chi connectivity index (χ3n) is 4.83. The summed E-state index contributed by atoms with van der Waals surface area (Å²) in [6.07, 6.45) is 4.08. The summed E-state index contributed by atoms with van der Waals surface area (Å²) < 4.78 is 11.8. The first-order valence-electron chi connectivity index (χ1n) is 9.26. The number of anilines is 1. The number of piperidine rings is 1. The van der Waals surface area contributed by atoms with Crippen molar-refractivity contribution in [2.24, 2.45) is 0 Å². The van der Waals surface area contributed by atoms with Crippen LogP contribution in [0.2, 0.25) is 0 Å². The summed E-state index contributed by atoms with van der Waals surface area (Å²) in [5.41, 5.74) is 7.84. The van der Waals surface area contributed by atoms with Gasteiger partial charge in [0.25, 0.3) is 0 Å². The molecule has 2 heterocycles. The van der Waals surface area contributed by atoms with Crippen LogP contribution in [0.15, 0.2) is 42.6 Å². The summed E-state index contributed by atoms with van der Waals surface area (Å²) in [7, 11) is 0. The highest BCUT2D eigenvalue weighted by Crippen LogP contribution is 2.24. The number of para-hydroxylation sites is 1. The molecule has 26 heavy (non-hydrogen) atoms. The summed E-state index contributed by atoms with van der Waals surface area (Å²) in [6, 6.07) is 11.5. The Balaban J connectivity index is 1.48. The summed E-state index contributed by atoms with van der Waals surface area (Å²) in [5.74, 6) is 1.37.